The van der Waals surface area contributed by atoms with Gasteiger partial charge in [-0.2, -0.15) is 13.2 Å². The first-order valence-electron chi connectivity index (χ1n) is 15.6. The van der Waals surface area contributed by atoms with E-state index >= 15 is 0 Å². The van der Waals surface area contributed by atoms with Crippen LogP contribution >= 0.6 is 0 Å². The second kappa shape index (κ2) is 15.5. The average molecular weight is 680 g/mol. The number of hydrogen-bond acceptors (Lipinski definition) is 4. The number of hydrogen-bond donors (Lipinski definition) is 1. The lowest BCUT2D eigenvalue weighted by Gasteiger charge is -2.34. The Balaban J connectivity index is 1.84. The van der Waals surface area contributed by atoms with Gasteiger partial charge in [-0.3, -0.25) is 13.9 Å². The molecule has 0 spiro atoms. The Morgan fingerprint density at radius 2 is 1.44 bits per heavy atom. The molecule has 0 bridgehead atoms. The molecule has 1 N–H and O–H groups in total. The van der Waals surface area contributed by atoms with E-state index in [1.54, 1.807) is 25.1 Å². The SMILES string of the molecule is Cc1ccc(S(=O)(=O)N(CC(=O)N(Cc2cccc(C)c2)C(Cc2ccccc2)C(=O)NCC(C)C)c2cccc(C(F)(F)F)c2)cc1. The number of carbonyl (C=O) groups is 2. The van der Waals surface area contributed by atoms with Crippen molar-refractivity contribution in [1.29, 1.82) is 0 Å². The van der Waals surface area contributed by atoms with E-state index < -0.39 is 46.2 Å². The number of alkyl halides is 3. The second-order valence-corrected chi connectivity index (χ2v) is 14.1. The van der Waals surface area contributed by atoms with Crippen molar-refractivity contribution in [3.05, 3.63) is 131 Å². The zero-order valence-electron chi connectivity index (χ0n) is 27.4. The number of amides is 2. The molecule has 0 saturated carbocycles. The Kier molecular flexibility index (Phi) is 11.7. The summed E-state index contributed by atoms with van der Waals surface area (Å²) in [6.07, 6.45) is -4.64. The van der Waals surface area contributed by atoms with E-state index in [9.17, 15) is 31.2 Å². The van der Waals surface area contributed by atoms with Crippen LogP contribution in [0.25, 0.3) is 0 Å². The molecule has 4 rings (SSSR count). The number of nitrogens with zero attached hydrogens (tertiary/aromatic N) is 2. The minimum absolute atomic E-state index is 0.0475. The minimum Gasteiger partial charge on any atom is -0.354 e. The van der Waals surface area contributed by atoms with E-state index in [2.05, 4.69) is 5.32 Å². The van der Waals surface area contributed by atoms with Crippen molar-refractivity contribution < 1.29 is 31.2 Å². The third-order valence-corrected chi connectivity index (χ3v) is 9.53. The first kappa shape index (κ1) is 36.2. The van der Waals surface area contributed by atoms with Gasteiger partial charge in [0, 0.05) is 19.5 Å². The van der Waals surface area contributed by atoms with Crippen molar-refractivity contribution in [2.75, 3.05) is 17.4 Å². The van der Waals surface area contributed by atoms with E-state index in [0.29, 0.717) is 22.5 Å². The van der Waals surface area contributed by atoms with E-state index in [-0.39, 0.29) is 29.5 Å². The van der Waals surface area contributed by atoms with Crippen LogP contribution < -0.4 is 9.62 Å². The average Bonchev–Trinajstić information content (AvgIpc) is 3.04. The monoisotopic (exact) mass is 679 g/mol. The van der Waals surface area contributed by atoms with Gasteiger partial charge in [0.1, 0.15) is 12.6 Å². The molecule has 4 aromatic carbocycles. The van der Waals surface area contributed by atoms with Crippen molar-refractivity contribution >= 4 is 27.5 Å². The van der Waals surface area contributed by atoms with Gasteiger partial charge in [0.15, 0.2) is 0 Å². The lowest BCUT2D eigenvalue weighted by Crippen LogP contribution is -2.53. The Morgan fingerprint density at radius 3 is 2.06 bits per heavy atom. The Hall–Kier alpha value is -4.64. The summed E-state index contributed by atoms with van der Waals surface area (Å²) in [6, 6.07) is 25.1. The van der Waals surface area contributed by atoms with Gasteiger partial charge in [-0.25, -0.2) is 8.42 Å². The van der Waals surface area contributed by atoms with Gasteiger partial charge in [0.2, 0.25) is 11.8 Å². The topological polar surface area (TPSA) is 86.8 Å². The molecule has 0 heterocycles. The van der Waals surface area contributed by atoms with Crippen LogP contribution in [0.1, 0.15) is 41.7 Å². The van der Waals surface area contributed by atoms with Gasteiger partial charge in [0.25, 0.3) is 10.0 Å². The van der Waals surface area contributed by atoms with Crippen molar-refractivity contribution in [2.45, 2.75) is 57.8 Å². The maximum absolute atomic E-state index is 14.5. The third kappa shape index (κ3) is 9.47. The summed E-state index contributed by atoms with van der Waals surface area (Å²) in [6.45, 7) is 6.96. The van der Waals surface area contributed by atoms with Gasteiger partial charge < -0.3 is 10.2 Å². The summed E-state index contributed by atoms with van der Waals surface area (Å²) in [5, 5.41) is 2.92. The molecule has 1 unspecified atom stereocenters. The van der Waals surface area contributed by atoms with Crippen LogP contribution in [0, 0.1) is 19.8 Å². The van der Waals surface area contributed by atoms with E-state index in [4.69, 9.17) is 0 Å². The summed E-state index contributed by atoms with van der Waals surface area (Å²) in [5.74, 6) is -1.07. The number of halogens is 3. The van der Waals surface area contributed by atoms with Gasteiger partial charge in [0.05, 0.1) is 16.1 Å². The molecular weight excluding hydrogens is 639 g/mol. The maximum atomic E-state index is 14.5. The fraction of sp³-hybridized carbons (Fsp3) is 0.297. The molecule has 0 aliphatic rings. The number of aryl methyl sites for hydroxylation is 2. The van der Waals surface area contributed by atoms with Crippen LogP contribution in [-0.4, -0.2) is 44.3 Å². The van der Waals surface area contributed by atoms with Crippen LogP contribution in [0.15, 0.2) is 108 Å². The van der Waals surface area contributed by atoms with E-state index in [1.807, 2.05) is 69.3 Å². The smallest absolute Gasteiger partial charge is 0.354 e. The lowest BCUT2D eigenvalue weighted by molar-refractivity contribution is -0.140. The summed E-state index contributed by atoms with van der Waals surface area (Å²) in [5.41, 5.74) is 1.75. The normalized spacial score (nSPS) is 12.4. The molecule has 254 valence electrons. The molecule has 0 fully saturated rings. The van der Waals surface area contributed by atoms with Crippen LogP contribution in [-0.2, 0) is 38.8 Å². The Morgan fingerprint density at radius 1 is 0.792 bits per heavy atom. The van der Waals surface area contributed by atoms with Crippen molar-refractivity contribution in [1.82, 2.24) is 10.2 Å². The number of carbonyl (C=O) groups excluding carboxylic acids is 2. The Labute approximate surface area is 280 Å². The highest BCUT2D eigenvalue weighted by Crippen LogP contribution is 2.33. The standard InChI is InChI=1S/C37H40F3N3O4S/c1-26(2)23-41-36(45)34(21-29-11-6-5-7-12-29)42(24-30-13-8-10-28(4)20-30)35(44)25-43(32-15-9-14-31(22-32)37(38,39)40)48(46,47)33-18-16-27(3)17-19-33/h5-20,22,26,34H,21,23-25H2,1-4H3,(H,41,45). The van der Waals surface area contributed by atoms with Crippen LogP contribution in [0.4, 0.5) is 18.9 Å². The fourth-order valence-electron chi connectivity index (χ4n) is 5.19. The third-order valence-electron chi connectivity index (χ3n) is 7.74. The maximum Gasteiger partial charge on any atom is 0.416 e. The largest absolute Gasteiger partial charge is 0.416 e. The Bertz CT molecular complexity index is 1810. The predicted octanol–water partition coefficient (Wildman–Crippen LogP) is 6.93. The van der Waals surface area contributed by atoms with Crippen LogP contribution in [0.5, 0.6) is 0 Å². The molecule has 4 aromatic rings. The molecule has 48 heavy (non-hydrogen) atoms. The fourth-order valence-corrected chi connectivity index (χ4v) is 6.59. The quantitative estimate of drug-likeness (QED) is 0.166. The summed E-state index contributed by atoms with van der Waals surface area (Å²) in [4.78, 5) is 29.5. The predicted molar refractivity (Wildman–Crippen MR) is 181 cm³/mol. The number of sulfonamides is 1. The zero-order valence-corrected chi connectivity index (χ0v) is 28.2. The number of benzene rings is 4. The van der Waals surface area contributed by atoms with Gasteiger partial charge in [-0.1, -0.05) is 97.8 Å². The summed E-state index contributed by atoms with van der Waals surface area (Å²) >= 11 is 0. The number of nitrogens with one attached hydrogen (secondary N) is 1. The van der Waals surface area contributed by atoms with Gasteiger partial charge in [-0.15, -0.1) is 0 Å². The highest BCUT2D eigenvalue weighted by atomic mass is 32.2. The molecule has 0 saturated heterocycles. The highest BCUT2D eigenvalue weighted by Gasteiger charge is 2.36. The van der Waals surface area contributed by atoms with Gasteiger partial charge >= 0.3 is 6.18 Å². The molecule has 0 aliphatic heterocycles. The van der Waals surface area contributed by atoms with E-state index in [1.165, 1.54) is 23.1 Å². The molecule has 0 radical (unpaired) electrons. The number of rotatable bonds is 13. The second-order valence-electron chi connectivity index (χ2n) is 12.2. The zero-order chi connectivity index (χ0) is 35.1. The summed E-state index contributed by atoms with van der Waals surface area (Å²) in [7, 11) is -4.55. The molecule has 11 heteroatoms. The molecule has 2 amide bonds. The minimum atomic E-state index is -4.76. The van der Waals surface area contributed by atoms with Crippen LogP contribution in [0.3, 0.4) is 0 Å². The first-order valence-corrected chi connectivity index (χ1v) is 17.0. The van der Waals surface area contributed by atoms with E-state index in [0.717, 1.165) is 28.8 Å². The first-order chi connectivity index (χ1) is 22.6. The lowest BCUT2D eigenvalue weighted by atomic mass is 10.0. The highest BCUT2D eigenvalue weighted by molar-refractivity contribution is 7.92. The van der Waals surface area contributed by atoms with Crippen molar-refractivity contribution in [3.63, 3.8) is 0 Å². The molecule has 0 aliphatic carbocycles. The van der Waals surface area contributed by atoms with Crippen LogP contribution in [0.2, 0.25) is 0 Å². The molecular formula is C37H40F3N3O4S. The molecule has 1 atom stereocenters. The van der Waals surface area contributed by atoms with Gasteiger partial charge in [-0.05, 0) is 61.2 Å². The summed E-state index contributed by atoms with van der Waals surface area (Å²) < 4.78 is 70.4. The number of anilines is 1. The molecule has 7 nitrogen and oxygen atoms in total. The van der Waals surface area contributed by atoms with Crippen molar-refractivity contribution in [3.8, 4) is 0 Å². The van der Waals surface area contributed by atoms with Crippen molar-refractivity contribution in [2.24, 2.45) is 5.92 Å². The molecule has 0 aromatic heterocycles.